The van der Waals surface area contributed by atoms with Crippen LogP contribution in [0.4, 0.5) is 28.8 Å². The lowest BCUT2D eigenvalue weighted by atomic mass is 10.2. The number of nitrogens with two attached hydrogens (primary N) is 1. The van der Waals surface area contributed by atoms with Crippen molar-refractivity contribution in [2.45, 2.75) is 38.6 Å². The highest BCUT2D eigenvalue weighted by atomic mass is 16.6. The number of benzene rings is 1. The number of nitro groups is 1. The van der Waals surface area contributed by atoms with Crippen molar-refractivity contribution in [2.75, 3.05) is 36.2 Å². The highest BCUT2D eigenvalue weighted by molar-refractivity contribution is 5.68. The number of aryl methyl sites for hydroxylation is 1. The number of nitrogens with one attached hydrogen (secondary N) is 1. The fraction of sp³-hybridized carbons (Fsp3) is 0.474. The molecule has 2 heterocycles. The monoisotopic (exact) mass is 386 g/mol. The number of anilines is 4. The second-order valence-corrected chi connectivity index (χ2v) is 6.89. The van der Waals surface area contributed by atoms with Gasteiger partial charge >= 0.3 is 0 Å². The summed E-state index contributed by atoms with van der Waals surface area (Å²) in [6.07, 6.45) is 3.95. The van der Waals surface area contributed by atoms with Crippen LogP contribution < -0.4 is 16.0 Å². The molecule has 2 aromatic rings. The van der Waals surface area contributed by atoms with Gasteiger partial charge in [0, 0.05) is 37.2 Å². The summed E-state index contributed by atoms with van der Waals surface area (Å²) in [6.45, 7) is 3.67. The van der Waals surface area contributed by atoms with E-state index in [9.17, 15) is 10.1 Å². The van der Waals surface area contributed by atoms with Gasteiger partial charge in [-0.2, -0.15) is 4.98 Å². The lowest BCUT2D eigenvalue weighted by Crippen LogP contribution is -2.33. The molecular weight excluding hydrogens is 360 g/mol. The molecule has 0 saturated carbocycles. The van der Waals surface area contributed by atoms with E-state index in [0.717, 1.165) is 43.7 Å². The molecule has 28 heavy (non-hydrogen) atoms. The Balaban J connectivity index is 1.91. The molecule has 1 saturated heterocycles. The van der Waals surface area contributed by atoms with Crippen molar-refractivity contribution >= 4 is 28.8 Å². The SMILES string of the molecule is CCCc1cc(N2CCC[C@H]2COC)nc(Nc2ccc(N)c([N+](=O)[O-])c2)n1. The van der Waals surface area contributed by atoms with E-state index < -0.39 is 4.92 Å². The van der Waals surface area contributed by atoms with E-state index in [0.29, 0.717) is 24.3 Å². The van der Waals surface area contributed by atoms with Crippen LogP contribution in [0.25, 0.3) is 0 Å². The Morgan fingerprint density at radius 2 is 2.21 bits per heavy atom. The molecule has 3 rings (SSSR count). The molecule has 9 heteroatoms. The van der Waals surface area contributed by atoms with Gasteiger partial charge in [0.1, 0.15) is 11.5 Å². The van der Waals surface area contributed by atoms with Gasteiger partial charge in [-0.05, 0) is 31.4 Å². The van der Waals surface area contributed by atoms with E-state index >= 15 is 0 Å². The van der Waals surface area contributed by atoms with Crippen molar-refractivity contribution in [3.8, 4) is 0 Å². The molecule has 9 nitrogen and oxygen atoms in total. The van der Waals surface area contributed by atoms with Crippen LogP contribution in [-0.2, 0) is 11.2 Å². The standard InChI is InChI=1S/C19H26N6O3/c1-3-5-13-11-18(24-9-4-6-15(24)12-28-2)23-19(21-13)22-14-7-8-16(20)17(10-14)25(26)27/h7-8,10-11,15H,3-6,9,12,20H2,1-2H3,(H,21,22,23)/t15-/m0/s1. The molecule has 0 amide bonds. The van der Waals surface area contributed by atoms with Crippen molar-refractivity contribution in [2.24, 2.45) is 0 Å². The first-order valence-electron chi connectivity index (χ1n) is 9.46. The molecule has 150 valence electrons. The maximum atomic E-state index is 11.1. The van der Waals surface area contributed by atoms with Crippen LogP contribution in [0, 0.1) is 10.1 Å². The Kier molecular flexibility index (Phi) is 6.25. The third-order valence-electron chi connectivity index (χ3n) is 4.79. The predicted molar refractivity (Wildman–Crippen MR) is 109 cm³/mol. The average molecular weight is 386 g/mol. The van der Waals surface area contributed by atoms with Crippen LogP contribution >= 0.6 is 0 Å². The zero-order chi connectivity index (χ0) is 20.1. The second-order valence-electron chi connectivity index (χ2n) is 6.89. The van der Waals surface area contributed by atoms with Crippen molar-refractivity contribution < 1.29 is 9.66 Å². The summed E-state index contributed by atoms with van der Waals surface area (Å²) in [4.78, 5) is 22.1. The minimum Gasteiger partial charge on any atom is -0.393 e. The summed E-state index contributed by atoms with van der Waals surface area (Å²) in [5, 5.41) is 14.2. The van der Waals surface area contributed by atoms with Crippen LogP contribution in [0.3, 0.4) is 0 Å². The number of aromatic nitrogens is 2. The number of nitrogens with zero attached hydrogens (tertiary/aromatic N) is 4. The minimum atomic E-state index is -0.500. The topological polar surface area (TPSA) is 119 Å². The van der Waals surface area contributed by atoms with Gasteiger partial charge in [0.2, 0.25) is 5.95 Å². The number of nitro benzene ring substituents is 1. The van der Waals surface area contributed by atoms with Gasteiger partial charge in [-0.1, -0.05) is 13.3 Å². The Labute approximate surface area is 164 Å². The first-order chi connectivity index (χ1) is 13.5. The fourth-order valence-corrected chi connectivity index (χ4v) is 3.48. The highest BCUT2D eigenvalue weighted by Crippen LogP contribution is 2.29. The zero-order valence-corrected chi connectivity index (χ0v) is 16.2. The van der Waals surface area contributed by atoms with Crippen molar-refractivity contribution in [1.82, 2.24) is 9.97 Å². The van der Waals surface area contributed by atoms with E-state index in [1.165, 1.54) is 12.1 Å². The van der Waals surface area contributed by atoms with Gasteiger partial charge in [0.05, 0.1) is 17.6 Å². The lowest BCUT2D eigenvalue weighted by molar-refractivity contribution is -0.383. The molecule has 1 fully saturated rings. The van der Waals surface area contributed by atoms with Crippen LogP contribution in [-0.4, -0.2) is 41.2 Å². The third kappa shape index (κ3) is 4.48. The van der Waals surface area contributed by atoms with E-state index in [4.69, 9.17) is 10.5 Å². The average Bonchev–Trinajstić information content (AvgIpc) is 3.12. The molecule has 3 N–H and O–H groups in total. The van der Waals surface area contributed by atoms with Crippen molar-refractivity contribution in [1.29, 1.82) is 0 Å². The normalized spacial score (nSPS) is 16.4. The minimum absolute atomic E-state index is 0.122. The van der Waals surface area contributed by atoms with Gasteiger partial charge in [0.25, 0.3) is 5.69 Å². The molecule has 1 aromatic carbocycles. The van der Waals surface area contributed by atoms with Gasteiger partial charge in [-0.3, -0.25) is 10.1 Å². The third-order valence-corrected chi connectivity index (χ3v) is 4.79. The van der Waals surface area contributed by atoms with E-state index in [-0.39, 0.29) is 11.4 Å². The van der Waals surface area contributed by atoms with Crippen molar-refractivity contribution in [3.63, 3.8) is 0 Å². The molecule has 0 spiro atoms. The molecule has 1 aliphatic heterocycles. The number of ether oxygens (including phenoxy) is 1. The smallest absolute Gasteiger partial charge is 0.294 e. The summed E-state index contributed by atoms with van der Waals surface area (Å²) in [7, 11) is 1.71. The molecule has 0 radical (unpaired) electrons. The van der Waals surface area contributed by atoms with Crippen molar-refractivity contribution in [3.05, 3.63) is 40.1 Å². The van der Waals surface area contributed by atoms with E-state index in [1.54, 1.807) is 13.2 Å². The Morgan fingerprint density at radius 1 is 1.39 bits per heavy atom. The molecule has 1 atom stereocenters. The van der Waals surface area contributed by atoms with Crippen LogP contribution in [0.5, 0.6) is 0 Å². The predicted octanol–water partition coefficient (Wildman–Crippen LogP) is 3.28. The lowest BCUT2D eigenvalue weighted by Gasteiger charge is -2.26. The maximum absolute atomic E-state index is 11.1. The molecule has 0 unspecified atom stereocenters. The summed E-state index contributed by atoms with van der Waals surface area (Å²) in [5.41, 5.74) is 7.11. The van der Waals surface area contributed by atoms with Crippen LogP contribution in [0.2, 0.25) is 0 Å². The number of hydrogen-bond acceptors (Lipinski definition) is 8. The van der Waals surface area contributed by atoms with E-state index in [2.05, 4.69) is 27.1 Å². The van der Waals surface area contributed by atoms with E-state index in [1.807, 2.05) is 6.07 Å². The second kappa shape index (κ2) is 8.83. The molecule has 1 aromatic heterocycles. The first kappa shape index (κ1) is 19.8. The molecular formula is C19H26N6O3. The molecule has 0 bridgehead atoms. The number of hydrogen-bond donors (Lipinski definition) is 2. The Bertz CT molecular complexity index is 844. The Morgan fingerprint density at radius 3 is 2.93 bits per heavy atom. The van der Waals surface area contributed by atoms with Gasteiger partial charge < -0.3 is 20.7 Å². The van der Waals surface area contributed by atoms with Gasteiger partial charge in [0.15, 0.2) is 0 Å². The summed E-state index contributed by atoms with van der Waals surface area (Å²) in [6, 6.07) is 6.90. The summed E-state index contributed by atoms with van der Waals surface area (Å²) < 4.78 is 5.35. The Hall–Kier alpha value is -2.94. The number of nitrogen functional groups attached to an aromatic ring is 1. The summed E-state index contributed by atoms with van der Waals surface area (Å²) >= 11 is 0. The van der Waals surface area contributed by atoms with Gasteiger partial charge in [-0.25, -0.2) is 4.98 Å². The summed E-state index contributed by atoms with van der Waals surface area (Å²) in [5.74, 6) is 1.27. The highest BCUT2D eigenvalue weighted by Gasteiger charge is 2.26. The number of rotatable bonds is 8. The maximum Gasteiger partial charge on any atom is 0.294 e. The van der Waals surface area contributed by atoms with Crippen LogP contribution in [0.15, 0.2) is 24.3 Å². The van der Waals surface area contributed by atoms with Gasteiger partial charge in [-0.15, -0.1) is 0 Å². The molecule has 1 aliphatic rings. The van der Waals surface area contributed by atoms with Crippen LogP contribution in [0.1, 0.15) is 31.9 Å². The fourth-order valence-electron chi connectivity index (χ4n) is 3.48. The zero-order valence-electron chi connectivity index (χ0n) is 16.2. The number of methoxy groups -OCH3 is 1. The largest absolute Gasteiger partial charge is 0.393 e. The molecule has 0 aliphatic carbocycles. The first-order valence-corrected chi connectivity index (χ1v) is 9.46. The quantitative estimate of drug-likeness (QED) is 0.403.